The number of aliphatic carboxylic acids is 1. The summed E-state index contributed by atoms with van der Waals surface area (Å²) in [6.07, 6.45) is 0.630. The number of carbonyl (C=O) groups excluding carboxylic acids is 1. The minimum atomic E-state index is -0.829. The molecule has 0 radical (unpaired) electrons. The van der Waals surface area contributed by atoms with Crippen LogP contribution in [-0.4, -0.2) is 28.5 Å². The van der Waals surface area contributed by atoms with Gasteiger partial charge >= 0.3 is 5.97 Å². The molecule has 1 unspecified atom stereocenters. The Morgan fingerprint density at radius 1 is 1.50 bits per heavy atom. The molecule has 0 aliphatic rings. The van der Waals surface area contributed by atoms with Crippen LogP contribution < -0.4 is 5.32 Å². The maximum atomic E-state index is 11.7. The lowest BCUT2D eigenvalue weighted by molar-refractivity contribution is -0.137. The van der Waals surface area contributed by atoms with E-state index in [0.717, 1.165) is 0 Å². The molecule has 0 aromatic carbocycles. The standard InChI is InChI=1S/C12H15ClN2O3/c1-8(5-6-11(16)17)7-14-12(18)9-3-2-4-10(13)15-9/h2-4,8H,5-7H2,1H3,(H,14,18)(H,16,17). The Morgan fingerprint density at radius 3 is 2.83 bits per heavy atom. The summed E-state index contributed by atoms with van der Waals surface area (Å²) in [5.41, 5.74) is 0.257. The zero-order valence-corrected chi connectivity index (χ0v) is 10.8. The second-order valence-corrected chi connectivity index (χ2v) is 4.48. The summed E-state index contributed by atoms with van der Waals surface area (Å²) in [5, 5.41) is 11.5. The topological polar surface area (TPSA) is 79.3 Å². The Bertz CT molecular complexity index is 437. The first-order valence-electron chi connectivity index (χ1n) is 5.61. The van der Waals surface area contributed by atoms with Gasteiger partial charge in [0, 0.05) is 13.0 Å². The maximum Gasteiger partial charge on any atom is 0.303 e. The lowest BCUT2D eigenvalue weighted by atomic mass is 10.1. The molecule has 1 aromatic heterocycles. The van der Waals surface area contributed by atoms with Crippen LogP contribution in [0.15, 0.2) is 18.2 Å². The largest absolute Gasteiger partial charge is 0.481 e. The number of nitrogens with zero attached hydrogens (tertiary/aromatic N) is 1. The molecule has 0 saturated carbocycles. The summed E-state index contributed by atoms with van der Waals surface area (Å²) < 4.78 is 0. The second kappa shape index (κ2) is 6.96. The zero-order chi connectivity index (χ0) is 13.5. The number of pyridine rings is 1. The first-order valence-corrected chi connectivity index (χ1v) is 5.99. The SMILES string of the molecule is CC(CCC(=O)O)CNC(=O)c1cccc(Cl)n1. The molecule has 0 aliphatic heterocycles. The smallest absolute Gasteiger partial charge is 0.303 e. The fourth-order valence-electron chi connectivity index (χ4n) is 1.36. The Labute approximate surface area is 110 Å². The molecule has 0 bridgehead atoms. The number of carboxylic acids is 1. The van der Waals surface area contributed by atoms with Crippen molar-refractivity contribution in [3.05, 3.63) is 29.0 Å². The van der Waals surface area contributed by atoms with Crippen LogP contribution in [0.2, 0.25) is 5.15 Å². The van der Waals surface area contributed by atoms with Crippen LogP contribution >= 0.6 is 11.6 Å². The van der Waals surface area contributed by atoms with Crippen LogP contribution in [0.25, 0.3) is 0 Å². The van der Waals surface area contributed by atoms with Crippen molar-refractivity contribution >= 4 is 23.5 Å². The van der Waals surface area contributed by atoms with Gasteiger partial charge in [0.15, 0.2) is 0 Å². The number of carbonyl (C=O) groups is 2. The highest BCUT2D eigenvalue weighted by atomic mass is 35.5. The molecular weight excluding hydrogens is 256 g/mol. The summed E-state index contributed by atoms with van der Waals surface area (Å²) >= 11 is 5.68. The van der Waals surface area contributed by atoms with Crippen LogP contribution in [0.5, 0.6) is 0 Å². The van der Waals surface area contributed by atoms with E-state index in [1.54, 1.807) is 18.2 Å². The molecule has 0 aliphatic carbocycles. The average Bonchev–Trinajstić information content (AvgIpc) is 2.33. The molecule has 5 nitrogen and oxygen atoms in total. The number of carboxylic acid groups (broad SMARTS) is 1. The predicted octanol–water partition coefficient (Wildman–Crippen LogP) is 1.97. The van der Waals surface area contributed by atoms with Crippen molar-refractivity contribution < 1.29 is 14.7 Å². The summed E-state index contributed by atoms with van der Waals surface area (Å²) in [6, 6.07) is 4.81. The fourth-order valence-corrected chi connectivity index (χ4v) is 1.53. The number of amides is 1. The van der Waals surface area contributed by atoms with Gasteiger partial charge in [0.05, 0.1) is 0 Å². The van der Waals surface area contributed by atoms with Crippen molar-refractivity contribution in [2.45, 2.75) is 19.8 Å². The summed E-state index contributed by atoms with van der Waals surface area (Å²) in [6.45, 7) is 2.30. The minimum absolute atomic E-state index is 0.101. The highest BCUT2D eigenvalue weighted by molar-refractivity contribution is 6.29. The zero-order valence-electron chi connectivity index (χ0n) is 10.0. The first kappa shape index (κ1) is 14.4. The van der Waals surface area contributed by atoms with Crippen molar-refractivity contribution in [1.29, 1.82) is 0 Å². The lowest BCUT2D eigenvalue weighted by Crippen LogP contribution is -2.29. The summed E-state index contributed by atoms with van der Waals surface area (Å²) in [4.78, 5) is 26.0. The Hall–Kier alpha value is -1.62. The summed E-state index contributed by atoms with van der Waals surface area (Å²) in [5.74, 6) is -1.03. The first-order chi connectivity index (χ1) is 8.49. The third-order valence-electron chi connectivity index (χ3n) is 2.41. The fraction of sp³-hybridized carbons (Fsp3) is 0.417. The van der Waals surface area contributed by atoms with E-state index in [9.17, 15) is 9.59 Å². The van der Waals surface area contributed by atoms with Gasteiger partial charge in [-0.2, -0.15) is 0 Å². The van der Waals surface area contributed by atoms with E-state index in [1.165, 1.54) is 0 Å². The molecule has 2 N–H and O–H groups in total. The van der Waals surface area contributed by atoms with Crippen LogP contribution in [-0.2, 0) is 4.79 Å². The van der Waals surface area contributed by atoms with E-state index < -0.39 is 5.97 Å². The molecule has 0 fully saturated rings. The maximum absolute atomic E-state index is 11.7. The van der Waals surface area contributed by atoms with Crippen molar-refractivity contribution in [3.8, 4) is 0 Å². The van der Waals surface area contributed by atoms with Gasteiger partial charge in [-0.15, -0.1) is 0 Å². The van der Waals surface area contributed by atoms with Crippen LogP contribution in [0.4, 0.5) is 0 Å². The molecule has 0 spiro atoms. The number of hydrogen-bond donors (Lipinski definition) is 2. The van der Waals surface area contributed by atoms with E-state index in [0.29, 0.717) is 13.0 Å². The predicted molar refractivity (Wildman–Crippen MR) is 67.6 cm³/mol. The Kier molecular flexibility index (Phi) is 5.58. The molecule has 1 amide bonds. The van der Waals surface area contributed by atoms with Gasteiger partial charge in [-0.3, -0.25) is 9.59 Å². The van der Waals surface area contributed by atoms with Gasteiger partial charge in [-0.25, -0.2) is 4.98 Å². The third kappa shape index (κ3) is 5.14. The van der Waals surface area contributed by atoms with Crippen LogP contribution in [0.1, 0.15) is 30.3 Å². The van der Waals surface area contributed by atoms with Crippen molar-refractivity contribution in [2.24, 2.45) is 5.92 Å². The Morgan fingerprint density at radius 2 is 2.22 bits per heavy atom. The van der Waals surface area contributed by atoms with Gasteiger partial charge in [-0.05, 0) is 24.5 Å². The van der Waals surface area contributed by atoms with E-state index >= 15 is 0 Å². The number of rotatable bonds is 6. The van der Waals surface area contributed by atoms with Gasteiger partial charge < -0.3 is 10.4 Å². The van der Waals surface area contributed by atoms with E-state index in [1.807, 2.05) is 6.92 Å². The van der Waals surface area contributed by atoms with E-state index in [-0.39, 0.29) is 29.1 Å². The molecule has 1 rings (SSSR count). The highest BCUT2D eigenvalue weighted by Gasteiger charge is 2.10. The quantitative estimate of drug-likeness (QED) is 0.775. The number of nitrogens with one attached hydrogen (secondary N) is 1. The molecular formula is C12H15ClN2O3. The molecule has 1 atom stereocenters. The van der Waals surface area contributed by atoms with E-state index in [2.05, 4.69) is 10.3 Å². The number of hydrogen-bond acceptors (Lipinski definition) is 3. The van der Waals surface area contributed by atoms with Crippen molar-refractivity contribution in [2.75, 3.05) is 6.54 Å². The highest BCUT2D eigenvalue weighted by Crippen LogP contribution is 2.06. The summed E-state index contributed by atoms with van der Waals surface area (Å²) in [7, 11) is 0. The third-order valence-corrected chi connectivity index (χ3v) is 2.62. The van der Waals surface area contributed by atoms with Gasteiger partial charge in [0.1, 0.15) is 10.8 Å². The molecule has 98 valence electrons. The van der Waals surface area contributed by atoms with Gasteiger partial charge in [0.2, 0.25) is 0 Å². The van der Waals surface area contributed by atoms with E-state index in [4.69, 9.17) is 16.7 Å². The van der Waals surface area contributed by atoms with Crippen LogP contribution in [0.3, 0.4) is 0 Å². The number of aromatic nitrogens is 1. The van der Waals surface area contributed by atoms with Gasteiger partial charge in [-0.1, -0.05) is 24.6 Å². The lowest BCUT2D eigenvalue weighted by Gasteiger charge is -2.11. The minimum Gasteiger partial charge on any atom is -0.481 e. The van der Waals surface area contributed by atoms with Crippen molar-refractivity contribution in [3.63, 3.8) is 0 Å². The molecule has 1 heterocycles. The van der Waals surface area contributed by atoms with Crippen molar-refractivity contribution in [1.82, 2.24) is 10.3 Å². The number of halogens is 1. The molecule has 6 heteroatoms. The average molecular weight is 271 g/mol. The molecule has 0 saturated heterocycles. The molecule has 18 heavy (non-hydrogen) atoms. The second-order valence-electron chi connectivity index (χ2n) is 4.09. The molecule has 1 aromatic rings. The normalized spacial score (nSPS) is 11.9. The van der Waals surface area contributed by atoms with Gasteiger partial charge in [0.25, 0.3) is 5.91 Å². The van der Waals surface area contributed by atoms with Crippen LogP contribution in [0, 0.1) is 5.92 Å². The Balaban J connectivity index is 2.39. The monoisotopic (exact) mass is 270 g/mol.